The number of rotatable bonds is 10. The predicted molar refractivity (Wildman–Crippen MR) is 131 cm³/mol. The molecule has 0 spiro atoms. The topological polar surface area (TPSA) is 115 Å². The first-order chi connectivity index (χ1) is 16.9. The summed E-state index contributed by atoms with van der Waals surface area (Å²) in [6.07, 6.45) is 4.09. The van der Waals surface area contributed by atoms with Crippen LogP contribution in [-0.2, 0) is 24.3 Å². The van der Waals surface area contributed by atoms with Gasteiger partial charge in [0, 0.05) is 23.5 Å². The highest BCUT2D eigenvalue weighted by molar-refractivity contribution is 7.90. The summed E-state index contributed by atoms with van der Waals surface area (Å²) in [5.74, 6) is 0.0644. The number of hydrogen-bond donors (Lipinski definition) is 1. The Labute approximate surface area is 206 Å². The van der Waals surface area contributed by atoms with Crippen molar-refractivity contribution in [3.8, 4) is 11.8 Å². The number of amides is 1. The molecule has 8 nitrogen and oxygen atoms in total. The number of ether oxygens (including phenoxy) is 3. The van der Waals surface area contributed by atoms with Gasteiger partial charge in [-0.2, -0.15) is 5.26 Å². The molecule has 3 rings (SSSR count). The summed E-state index contributed by atoms with van der Waals surface area (Å²) in [5, 5.41) is 9.05. The quantitative estimate of drug-likeness (QED) is 0.489. The summed E-state index contributed by atoms with van der Waals surface area (Å²) >= 11 is 0. The molecule has 2 aromatic carbocycles. The Balaban J connectivity index is 1.68. The van der Waals surface area contributed by atoms with E-state index in [2.05, 4.69) is 6.07 Å². The van der Waals surface area contributed by atoms with E-state index in [1.54, 1.807) is 19.2 Å². The SMILES string of the molecule is CCS(=O)(=O)NC(=O)CC/C=C\CC1COC(c2ccc(C#N)cc2)OC1c1ccccc1OC. The number of carbonyl (C=O) groups is 1. The Morgan fingerprint density at radius 2 is 1.94 bits per heavy atom. The van der Waals surface area contributed by atoms with Crippen LogP contribution in [-0.4, -0.2) is 33.8 Å². The molecule has 35 heavy (non-hydrogen) atoms. The van der Waals surface area contributed by atoms with Gasteiger partial charge in [0.2, 0.25) is 15.9 Å². The molecule has 1 amide bonds. The Hall–Kier alpha value is -3.19. The van der Waals surface area contributed by atoms with Crippen LogP contribution >= 0.6 is 0 Å². The first-order valence-corrected chi connectivity index (χ1v) is 13.1. The van der Waals surface area contributed by atoms with Gasteiger partial charge in [0.05, 0.1) is 37.2 Å². The number of nitriles is 1. The molecule has 3 unspecified atom stereocenters. The lowest BCUT2D eigenvalue weighted by Gasteiger charge is -2.37. The second kappa shape index (κ2) is 12.5. The lowest BCUT2D eigenvalue weighted by Crippen LogP contribution is -2.31. The van der Waals surface area contributed by atoms with Crippen LogP contribution in [0.3, 0.4) is 0 Å². The number of carbonyl (C=O) groups excluding carboxylic acids is 1. The van der Waals surface area contributed by atoms with Crippen LogP contribution in [0.15, 0.2) is 60.7 Å². The van der Waals surface area contributed by atoms with Crippen molar-refractivity contribution in [2.24, 2.45) is 5.92 Å². The molecule has 186 valence electrons. The third-order valence-electron chi connectivity index (χ3n) is 5.71. The van der Waals surface area contributed by atoms with E-state index in [9.17, 15) is 13.2 Å². The average Bonchev–Trinajstić information content (AvgIpc) is 2.88. The van der Waals surface area contributed by atoms with Crippen LogP contribution in [0.25, 0.3) is 0 Å². The van der Waals surface area contributed by atoms with Gasteiger partial charge >= 0.3 is 0 Å². The van der Waals surface area contributed by atoms with Crippen LogP contribution in [0, 0.1) is 17.2 Å². The largest absolute Gasteiger partial charge is 0.496 e. The highest BCUT2D eigenvalue weighted by Crippen LogP contribution is 2.42. The second-order valence-electron chi connectivity index (χ2n) is 8.13. The van der Waals surface area contributed by atoms with Crippen molar-refractivity contribution in [2.75, 3.05) is 19.5 Å². The zero-order valence-corrected chi connectivity index (χ0v) is 20.7. The Kier molecular flexibility index (Phi) is 9.43. The van der Waals surface area contributed by atoms with Gasteiger partial charge in [-0.3, -0.25) is 9.52 Å². The van der Waals surface area contributed by atoms with E-state index in [-0.39, 0.29) is 24.2 Å². The lowest BCUT2D eigenvalue weighted by molar-refractivity contribution is -0.244. The zero-order chi connectivity index (χ0) is 25.3. The fourth-order valence-corrected chi connectivity index (χ4v) is 4.39. The number of sulfonamides is 1. The summed E-state index contributed by atoms with van der Waals surface area (Å²) in [6, 6.07) is 16.9. The first-order valence-electron chi connectivity index (χ1n) is 11.4. The molecular weight excluding hydrogens is 468 g/mol. The molecule has 0 aliphatic carbocycles. The van der Waals surface area contributed by atoms with Gasteiger partial charge in [-0.05, 0) is 38.0 Å². The second-order valence-corrected chi connectivity index (χ2v) is 10.1. The van der Waals surface area contributed by atoms with Crippen molar-refractivity contribution < 1.29 is 27.4 Å². The number of hydrogen-bond acceptors (Lipinski definition) is 7. The van der Waals surface area contributed by atoms with E-state index in [1.807, 2.05) is 53.3 Å². The van der Waals surface area contributed by atoms with Gasteiger partial charge in [-0.25, -0.2) is 8.42 Å². The van der Waals surface area contributed by atoms with E-state index in [0.717, 1.165) is 16.9 Å². The standard InChI is InChI=1S/C26H30N2O6S/c1-3-35(30,31)28-24(29)12-6-4-5-9-21-18-33-26(20-15-13-19(17-27)14-16-20)34-25(21)22-10-7-8-11-23(22)32-2/h4-5,7-8,10-11,13-16,21,25-26H,3,6,9,12,18H2,1-2H3,(H,28,29)/b5-4-. The molecule has 0 bridgehead atoms. The van der Waals surface area contributed by atoms with Crippen LogP contribution in [0.5, 0.6) is 5.75 Å². The minimum Gasteiger partial charge on any atom is -0.496 e. The monoisotopic (exact) mass is 498 g/mol. The number of para-hydroxylation sites is 1. The molecular formula is C26H30N2O6S. The van der Waals surface area contributed by atoms with Crippen LogP contribution in [0.2, 0.25) is 0 Å². The average molecular weight is 499 g/mol. The highest BCUT2D eigenvalue weighted by Gasteiger charge is 2.34. The Morgan fingerprint density at radius 3 is 2.63 bits per heavy atom. The lowest BCUT2D eigenvalue weighted by atomic mass is 9.91. The van der Waals surface area contributed by atoms with E-state index in [0.29, 0.717) is 25.0 Å². The molecule has 9 heteroatoms. The molecule has 1 aliphatic rings. The molecule has 1 fully saturated rings. The minimum absolute atomic E-state index is 0.00789. The first kappa shape index (κ1) is 26.4. The van der Waals surface area contributed by atoms with E-state index in [4.69, 9.17) is 19.5 Å². The van der Waals surface area contributed by atoms with Gasteiger partial charge in [-0.1, -0.05) is 42.5 Å². The predicted octanol–water partition coefficient (Wildman–Crippen LogP) is 4.16. The smallest absolute Gasteiger partial charge is 0.234 e. The molecule has 1 N–H and O–H groups in total. The maximum absolute atomic E-state index is 11.8. The van der Waals surface area contributed by atoms with Crippen molar-refractivity contribution in [2.45, 2.75) is 38.6 Å². The number of benzene rings is 2. The molecule has 2 aromatic rings. The number of nitrogens with zero attached hydrogens (tertiary/aromatic N) is 1. The minimum atomic E-state index is -3.54. The fraction of sp³-hybridized carbons (Fsp3) is 0.385. The van der Waals surface area contributed by atoms with E-state index >= 15 is 0 Å². The van der Waals surface area contributed by atoms with E-state index < -0.39 is 22.2 Å². The number of allylic oxidation sites excluding steroid dienone is 2. The number of methoxy groups -OCH3 is 1. The van der Waals surface area contributed by atoms with Crippen molar-refractivity contribution in [1.82, 2.24) is 4.72 Å². The molecule has 1 aliphatic heterocycles. The Morgan fingerprint density at radius 1 is 1.20 bits per heavy atom. The third kappa shape index (κ3) is 7.39. The summed E-state index contributed by atoms with van der Waals surface area (Å²) in [5.41, 5.74) is 2.31. The van der Waals surface area contributed by atoms with Crippen LogP contribution < -0.4 is 9.46 Å². The van der Waals surface area contributed by atoms with Gasteiger partial charge < -0.3 is 14.2 Å². The summed E-state index contributed by atoms with van der Waals surface area (Å²) in [4.78, 5) is 11.8. The van der Waals surface area contributed by atoms with Gasteiger partial charge in [-0.15, -0.1) is 0 Å². The third-order valence-corrected chi connectivity index (χ3v) is 7.01. The van der Waals surface area contributed by atoms with E-state index in [1.165, 1.54) is 6.92 Å². The molecule has 0 radical (unpaired) electrons. The number of nitrogens with one attached hydrogen (secondary N) is 1. The Bertz CT molecular complexity index is 1170. The van der Waals surface area contributed by atoms with Gasteiger partial charge in [0.15, 0.2) is 6.29 Å². The summed E-state index contributed by atoms with van der Waals surface area (Å²) < 4.78 is 43.0. The summed E-state index contributed by atoms with van der Waals surface area (Å²) in [7, 11) is -1.92. The van der Waals surface area contributed by atoms with Crippen molar-refractivity contribution >= 4 is 15.9 Å². The molecule has 0 saturated carbocycles. The van der Waals surface area contributed by atoms with Crippen LogP contribution in [0.1, 0.15) is 55.3 Å². The van der Waals surface area contributed by atoms with Crippen molar-refractivity contribution in [3.05, 3.63) is 77.4 Å². The van der Waals surface area contributed by atoms with Gasteiger partial charge in [0.1, 0.15) is 5.75 Å². The maximum Gasteiger partial charge on any atom is 0.234 e. The fourth-order valence-electron chi connectivity index (χ4n) is 3.79. The molecule has 1 saturated heterocycles. The molecule has 1 heterocycles. The molecule has 0 aromatic heterocycles. The summed E-state index contributed by atoms with van der Waals surface area (Å²) in [6.45, 7) is 1.92. The van der Waals surface area contributed by atoms with Gasteiger partial charge in [0.25, 0.3) is 0 Å². The van der Waals surface area contributed by atoms with Crippen LogP contribution in [0.4, 0.5) is 0 Å². The molecule has 3 atom stereocenters. The maximum atomic E-state index is 11.8. The zero-order valence-electron chi connectivity index (χ0n) is 19.8. The van der Waals surface area contributed by atoms with Crippen molar-refractivity contribution in [3.63, 3.8) is 0 Å². The highest BCUT2D eigenvalue weighted by atomic mass is 32.2. The van der Waals surface area contributed by atoms with Crippen molar-refractivity contribution in [1.29, 1.82) is 5.26 Å². The normalized spacial score (nSPS) is 20.3.